The highest BCUT2D eigenvalue weighted by Gasteiger charge is 2.49. The van der Waals surface area contributed by atoms with Crippen LogP contribution < -0.4 is 14.6 Å². The quantitative estimate of drug-likeness (QED) is 0.159. The fourth-order valence-electron chi connectivity index (χ4n) is 8.66. The van der Waals surface area contributed by atoms with Gasteiger partial charge in [0.25, 0.3) is 0 Å². The van der Waals surface area contributed by atoms with Crippen molar-refractivity contribution in [3.8, 4) is 55.6 Å². The van der Waals surface area contributed by atoms with Gasteiger partial charge in [-0.25, -0.2) is 0 Å². The third-order valence-corrected chi connectivity index (χ3v) is 14.1. The smallest absolute Gasteiger partial charge is 0.270 e. The van der Waals surface area contributed by atoms with E-state index in [9.17, 15) is 0 Å². The topological polar surface area (TPSA) is 36.4 Å². The van der Waals surface area contributed by atoms with Crippen molar-refractivity contribution in [2.75, 3.05) is 9.34 Å². The second kappa shape index (κ2) is 12.8. The van der Waals surface area contributed by atoms with Crippen molar-refractivity contribution < 1.29 is 4.57 Å². The van der Waals surface area contributed by atoms with Crippen LogP contribution in [0.25, 0.3) is 66.5 Å². The molecule has 0 N–H and O–H groups in total. The van der Waals surface area contributed by atoms with Crippen LogP contribution in [0, 0.1) is 0 Å². The molecule has 11 rings (SSSR count). The first-order valence-electron chi connectivity index (χ1n) is 18.9. The molecule has 0 amide bonds. The molecule has 0 fully saturated rings. The Morgan fingerprint density at radius 3 is 1.52 bits per heavy atom. The Morgan fingerprint density at radius 1 is 0.375 bits per heavy atom. The molecule has 8 aromatic carbocycles. The summed E-state index contributed by atoms with van der Waals surface area (Å²) in [5.74, 6) is 0. The molecule has 56 heavy (non-hydrogen) atoms. The van der Waals surface area contributed by atoms with E-state index in [2.05, 4.69) is 114 Å². The van der Waals surface area contributed by atoms with Gasteiger partial charge in [-0.3, -0.25) is 18.9 Å². The van der Waals surface area contributed by atoms with E-state index in [4.69, 9.17) is 4.98 Å². The van der Waals surface area contributed by atoms with E-state index in [-0.39, 0.29) is 0 Å². The van der Waals surface area contributed by atoms with Crippen LogP contribution in [0.2, 0.25) is 0 Å². The minimum atomic E-state index is -3.45. The third-order valence-electron chi connectivity index (χ3n) is 11.2. The summed E-state index contributed by atoms with van der Waals surface area (Å²) >= 11 is 0. The molecule has 1 unspecified atom stereocenters. The summed E-state index contributed by atoms with van der Waals surface area (Å²) in [5.41, 5.74) is 16.3. The van der Waals surface area contributed by atoms with Crippen LogP contribution in [0.5, 0.6) is 0 Å². The number of fused-ring (bicyclic) bond motifs is 4. The molecule has 1 aliphatic carbocycles. The maximum atomic E-state index is 16.0. The predicted molar refractivity (Wildman–Crippen MR) is 233 cm³/mol. The van der Waals surface area contributed by atoms with Crippen LogP contribution in [0.15, 0.2) is 206 Å². The first-order valence-corrected chi connectivity index (χ1v) is 20.5. The number of benzene rings is 8. The molecular weight excluding hydrogens is 702 g/mol. The highest BCUT2D eigenvalue weighted by Crippen LogP contribution is 2.70. The molecule has 1 atom stereocenters. The summed E-state index contributed by atoms with van der Waals surface area (Å²) in [5, 5.41) is 2.00. The van der Waals surface area contributed by atoms with Gasteiger partial charge in [0, 0.05) is 28.5 Å². The normalized spacial score (nSPS) is 15.2. The Balaban J connectivity index is 1.02. The van der Waals surface area contributed by atoms with Crippen LogP contribution in [-0.4, -0.2) is 4.98 Å². The Kier molecular flexibility index (Phi) is 7.42. The molecule has 0 saturated carbocycles. The third kappa shape index (κ3) is 4.93. The van der Waals surface area contributed by atoms with Crippen molar-refractivity contribution >= 4 is 46.4 Å². The second-order valence-corrected chi connectivity index (χ2v) is 16.7. The zero-order valence-corrected chi connectivity index (χ0v) is 31.2. The van der Waals surface area contributed by atoms with Crippen molar-refractivity contribution in [3.63, 3.8) is 0 Å². The zero-order valence-electron chi connectivity index (χ0n) is 30.3. The molecule has 1 aromatic heterocycles. The molecule has 5 heteroatoms. The van der Waals surface area contributed by atoms with Crippen LogP contribution in [0.4, 0.5) is 22.7 Å². The van der Waals surface area contributed by atoms with Gasteiger partial charge in [-0.1, -0.05) is 133 Å². The molecule has 0 bridgehead atoms. The standard InChI is InChI=1S/C51H34N3OP/c55-56(42-22-8-3-9-23-42)53(40-18-4-1-5-19-40)48-29-26-38(34-49(48)54(56)41-20-6-2-7-21-41)36-15-12-14-35(32-36)37-16-13-17-39(33-37)43-27-28-46-44-24-10-11-25-45(44)47-30-31-52-51(43)50(46)47/h1-34H. The number of rotatable bonds is 6. The van der Waals surface area contributed by atoms with E-state index in [1.54, 1.807) is 0 Å². The maximum Gasteiger partial charge on any atom is 0.301 e. The molecule has 0 radical (unpaired) electrons. The summed E-state index contributed by atoms with van der Waals surface area (Å²) in [6.45, 7) is 0. The molecular formula is C51H34N3OP. The predicted octanol–water partition coefficient (Wildman–Crippen LogP) is 13.7. The first-order chi connectivity index (χ1) is 27.7. The molecule has 9 aromatic rings. The van der Waals surface area contributed by atoms with E-state index < -0.39 is 7.44 Å². The van der Waals surface area contributed by atoms with Gasteiger partial charge < -0.3 is 0 Å². The van der Waals surface area contributed by atoms with Crippen LogP contribution in [0.1, 0.15) is 0 Å². The molecule has 2 heterocycles. The summed E-state index contributed by atoms with van der Waals surface area (Å²) in [6, 6.07) is 69.3. The van der Waals surface area contributed by atoms with Gasteiger partial charge in [-0.2, -0.15) is 0 Å². The summed E-state index contributed by atoms with van der Waals surface area (Å²) in [6.07, 6.45) is 1.94. The van der Waals surface area contributed by atoms with Crippen molar-refractivity contribution in [3.05, 3.63) is 206 Å². The second-order valence-electron chi connectivity index (χ2n) is 14.3. The zero-order chi connectivity index (χ0) is 37.2. The van der Waals surface area contributed by atoms with E-state index in [1.165, 1.54) is 27.6 Å². The van der Waals surface area contributed by atoms with Gasteiger partial charge in [0.2, 0.25) is 0 Å². The Labute approximate surface area is 326 Å². The Bertz CT molecular complexity index is 2990. The van der Waals surface area contributed by atoms with Gasteiger partial charge in [0.15, 0.2) is 0 Å². The average molecular weight is 736 g/mol. The highest BCUT2D eigenvalue weighted by atomic mass is 31.2. The molecule has 0 spiro atoms. The molecule has 1 aliphatic heterocycles. The molecule has 0 saturated heterocycles. The molecule has 4 nitrogen and oxygen atoms in total. The van der Waals surface area contributed by atoms with Gasteiger partial charge in [-0.05, 0) is 117 Å². The summed E-state index contributed by atoms with van der Waals surface area (Å²) in [4.78, 5) is 4.94. The summed E-state index contributed by atoms with van der Waals surface area (Å²) < 4.78 is 20.1. The summed E-state index contributed by atoms with van der Waals surface area (Å²) in [7, 11) is -3.45. The minimum Gasteiger partial charge on any atom is -0.270 e. The Hall–Kier alpha value is -7.00. The highest BCUT2D eigenvalue weighted by molar-refractivity contribution is 7.76. The maximum absolute atomic E-state index is 16.0. The lowest BCUT2D eigenvalue weighted by molar-refractivity contribution is 0.582. The fourth-order valence-corrected chi connectivity index (χ4v) is 11.7. The van der Waals surface area contributed by atoms with Gasteiger partial charge in [-0.15, -0.1) is 0 Å². The van der Waals surface area contributed by atoms with Gasteiger partial charge in [0.05, 0.1) is 22.2 Å². The lowest BCUT2D eigenvalue weighted by atomic mass is 9.94. The van der Waals surface area contributed by atoms with E-state index >= 15 is 4.57 Å². The lowest BCUT2D eigenvalue weighted by Crippen LogP contribution is -2.26. The fraction of sp³-hybridized carbons (Fsp3) is 0. The number of nitrogens with zero attached hydrogens (tertiary/aromatic N) is 3. The average Bonchev–Trinajstić information content (AvgIpc) is 3.74. The SMILES string of the molecule is O=P1(c2ccccc2)N(c2ccccc2)c2ccc(-c3cccc(-c4cccc(-c5ccc6c7c(ccnc57)-c5ccccc5-6)c4)c3)cc2N1c1ccccc1. The van der Waals surface area contributed by atoms with Crippen LogP contribution >= 0.6 is 7.44 Å². The molecule has 2 aliphatic rings. The van der Waals surface area contributed by atoms with E-state index in [0.717, 1.165) is 67.0 Å². The van der Waals surface area contributed by atoms with Gasteiger partial charge >= 0.3 is 7.44 Å². The number of aromatic nitrogens is 1. The van der Waals surface area contributed by atoms with Crippen molar-refractivity contribution in [2.45, 2.75) is 0 Å². The lowest BCUT2D eigenvalue weighted by Gasteiger charge is -2.33. The van der Waals surface area contributed by atoms with Gasteiger partial charge in [0.1, 0.15) is 0 Å². The van der Waals surface area contributed by atoms with Crippen LogP contribution in [-0.2, 0) is 4.57 Å². The minimum absolute atomic E-state index is 0.771. The molecule has 264 valence electrons. The number of hydrogen-bond acceptors (Lipinski definition) is 2. The largest absolute Gasteiger partial charge is 0.301 e. The van der Waals surface area contributed by atoms with Crippen LogP contribution in [0.3, 0.4) is 0 Å². The van der Waals surface area contributed by atoms with E-state index in [0.29, 0.717) is 0 Å². The number of para-hydroxylation sites is 2. The number of pyridine rings is 1. The van der Waals surface area contributed by atoms with Crippen molar-refractivity contribution in [1.82, 2.24) is 4.98 Å². The number of anilines is 4. The van der Waals surface area contributed by atoms with E-state index in [1.807, 2.05) is 102 Å². The van der Waals surface area contributed by atoms with Crippen molar-refractivity contribution in [1.29, 1.82) is 0 Å². The Morgan fingerprint density at radius 2 is 0.875 bits per heavy atom. The van der Waals surface area contributed by atoms with Crippen molar-refractivity contribution in [2.24, 2.45) is 0 Å². The first kappa shape index (κ1) is 32.4. The monoisotopic (exact) mass is 735 g/mol. The number of hydrogen-bond donors (Lipinski definition) is 0.